The molecule has 0 radical (unpaired) electrons. The third kappa shape index (κ3) is 10.2. The van der Waals surface area contributed by atoms with E-state index in [-0.39, 0.29) is 48.8 Å². The fourth-order valence-electron chi connectivity index (χ4n) is 4.64. The van der Waals surface area contributed by atoms with E-state index in [0.29, 0.717) is 22.9 Å². The molecule has 1 N–H and O–H groups in total. The Kier molecular flexibility index (Phi) is 12.7. The Labute approximate surface area is 265 Å². The monoisotopic (exact) mass is 647 g/mol. The minimum absolute atomic E-state index is 0.0123. The summed E-state index contributed by atoms with van der Waals surface area (Å²) < 4.78 is 31.8. The van der Waals surface area contributed by atoms with E-state index in [2.05, 4.69) is 5.32 Å². The predicted molar refractivity (Wildman–Crippen MR) is 173 cm³/mol. The van der Waals surface area contributed by atoms with Crippen molar-refractivity contribution in [3.63, 3.8) is 0 Å². The Bertz CT molecular complexity index is 1490. The van der Waals surface area contributed by atoms with Gasteiger partial charge in [0.05, 0.1) is 24.1 Å². The van der Waals surface area contributed by atoms with Crippen LogP contribution < -0.4 is 14.4 Å². The largest absolute Gasteiger partial charge is 0.495 e. The van der Waals surface area contributed by atoms with Crippen molar-refractivity contribution in [2.24, 2.45) is 0 Å². The number of carbonyl (C=O) groups is 2. The molecular weight excluding hydrogens is 609 g/mol. The molecule has 0 heterocycles. The van der Waals surface area contributed by atoms with Gasteiger partial charge in [-0.3, -0.25) is 13.9 Å². The molecule has 232 valence electrons. The summed E-state index contributed by atoms with van der Waals surface area (Å²) in [6.45, 7) is 4.11. The third-order valence-corrected chi connectivity index (χ3v) is 8.81. The van der Waals surface area contributed by atoms with Crippen molar-refractivity contribution < 1.29 is 22.7 Å². The van der Waals surface area contributed by atoms with Crippen molar-refractivity contribution in [3.8, 4) is 5.75 Å². The smallest absolute Gasteiger partial charge is 0.243 e. The number of benzene rings is 3. The maximum Gasteiger partial charge on any atom is 0.243 e. The van der Waals surface area contributed by atoms with Crippen LogP contribution >= 0.6 is 23.2 Å². The molecule has 3 rings (SSSR count). The number of methoxy groups -OCH3 is 1. The molecule has 0 saturated heterocycles. The van der Waals surface area contributed by atoms with Gasteiger partial charge in [-0.05, 0) is 61.2 Å². The predicted octanol–water partition coefficient (Wildman–Crippen LogP) is 6.10. The van der Waals surface area contributed by atoms with Crippen LogP contribution in [0.4, 0.5) is 5.69 Å². The zero-order chi connectivity index (χ0) is 31.6. The van der Waals surface area contributed by atoms with Gasteiger partial charge < -0.3 is 15.0 Å². The molecule has 8 nitrogen and oxygen atoms in total. The van der Waals surface area contributed by atoms with Crippen LogP contribution in [0, 0.1) is 0 Å². The zero-order valence-electron chi connectivity index (χ0n) is 24.9. The molecule has 11 heteroatoms. The maximum atomic E-state index is 13.9. The summed E-state index contributed by atoms with van der Waals surface area (Å²) in [6.07, 6.45) is 2.39. The summed E-state index contributed by atoms with van der Waals surface area (Å²) in [7, 11) is -2.21. The number of nitrogens with zero attached hydrogens (tertiary/aromatic N) is 2. The van der Waals surface area contributed by atoms with Crippen LogP contribution in [-0.2, 0) is 32.6 Å². The van der Waals surface area contributed by atoms with Gasteiger partial charge in [0, 0.05) is 37.0 Å². The molecule has 0 fully saturated rings. The second kappa shape index (κ2) is 16.0. The zero-order valence-corrected chi connectivity index (χ0v) is 27.3. The number of rotatable bonds is 15. The Morgan fingerprint density at radius 1 is 0.977 bits per heavy atom. The van der Waals surface area contributed by atoms with Crippen molar-refractivity contribution >= 4 is 50.7 Å². The number of hydrogen-bond donors (Lipinski definition) is 1. The van der Waals surface area contributed by atoms with Crippen LogP contribution in [-0.4, -0.2) is 57.1 Å². The maximum absolute atomic E-state index is 13.9. The van der Waals surface area contributed by atoms with Gasteiger partial charge in [0.2, 0.25) is 21.8 Å². The second-order valence-corrected chi connectivity index (χ2v) is 13.2. The fraction of sp³-hybridized carbons (Fsp3) is 0.375. The molecule has 3 aromatic rings. The molecule has 0 aliphatic carbocycles. The second-order valence-electron chi connectivity index (χ2n) is 10.4. The number of halogens is 2. The number of hydrogen-bond acceptors (Lipinski definition) is 5. The summed E-state index contributed by atoms with van der Waals surface area (Å²) in [5, 5.41) is 3.84. The highest BCUT2D eigenvalue weighted by molar-refractivity contribution is 7.92. The van der Waals surface area contributed by atoms with Gasteiger partial charge in [0.1, 0.15) is 11.8 Å². The molecule has 2 amide bonds. The van der Waals surface area contributed by atoms with Crippen molar-refractivity contribution in [2.75, 3.05) is 24.2 Å². The molecule has 0 aliphatic heterocycles. The van der Waals surface area contributed by atoms with E-state index >= 15 is 0 Å². The van der Waals surface area contributed by atoms with Crippen molar-refractivity contribution in [3.05, 3.63) is 94.0 Å². The number of carbonyl (C=O) groups excluding carboxylic acids is 2. The minimum atomic E-state index is -3.68. The van der Waals surface area contributed by atoms with Gasteiger partial charge in [-0.2, -0.15) is 0 Å². The van der Waals surface area contributed by atoms with E-state index in [1.807, 2.05) is 50.2 Å². The average Bonchev–Trinajstić information content (AvgIpc) is 2.96. The van der Waals surface area contributed by atoms with Crippen molar-refractivity contribution in [1.82, 2.24) is 10.2 Å². The van der Waals surface area contributed by atoms with Crippen LogP contribution in [0.2, 0.25) is 10.0 Å². The molecule has 0 spiro atoms. The van der Waals surface area contributed by atoms with Gasteiger partial charge in [0.25, 0.3) is 0 Å². The first-order chi connectivity index (χ1) is 20.4. The molecule has 0 unspecified atom stereocenters. The van der Waals surface area contributed by atoms with Gasteiger partial charge in [-0.25, -0.2) is 8.42 Å². The van der Waals surface area contributed by atoms with E-state index in [1.54, 1.807) is 35.2 Å². The van der Waals surface area contributed by atoms with Gasteiger partial charge in [0.15, 0.2) is 0 Å². The van der Waals surface area contributed by atoms with Crippen LogP contribution in [0.1, 0.15) is 44.2 Å². The molecule has 0 aromatic heterocycles. The molecule has 43 heavy (non-hydrogen) atoms. The topological polar surface area (TPSA) is 96.0 Å². The number of ether oxygens (including phenoxy) is 1. The van der Waals surface area contributed by atoms with E-state index in [0.717, 1.165) is 23.8 Å². The van der Waals surface area contributed by atoms with Crippen LogP contribution in [0.15, 0.2) is 72.8 Å². The van der Waals surface area contributed by atoms with Gasteiger partial charge in [-0.15, -0.1) is 0 Å². The molecule has 3 aromatic carbocycles. The first kappa shape index (κ1) is 34.2. The Balaban J connectivity index is 1.90. The Morgan fingerprint density at radius 3 is 2.28 bits per heavy atom. The standard InChI is InChI=1S/C32H39Cl2N3O5S/c1-5-23(2)35-32(39)29(20-24-11-7-6-8-12-24)36(22-25-13-9-14-26(33)19-25)31(38)15-10-18-37(43(4,40)41)27-16-17-30(42-3)28(34)21-27/h6-9,11-14,16-17,19,21,23,29H,5,10,15,18,20,22H2,1-4H3,(H,35,39)/t23-,29-/m0/s1. The first-order valence-electron chi connectivity index (χ1n) is 14.1. The van der Waals surface area contributed by atoms with Crippen LogP contribution in [0.5, 0.6) is 5.75 Å². The van der Waals surface area contributed by atoms with Gasteiger partial charge >= 0.3 is 0 Å². The van der Waals surface area contributed by atoms with Crippen LogP contribution in [0.3, 0.4) is 0 Å². The molecule has 0 aliphatic rings. The highest BCUT2D eigenvalue weighted by Gasteiger charge is 2.31. The van der Waals surface area contributed by atoms with E-state index < -0.39 is 16.1 Å². The summed E-state index contributed by atoms with van der Waals surface area (Å²) >= 11 is 12.5. The highest BCUT2D eigenvalue weighted by Crippen LogP contribution is 2.30. The normalized spacial score (nSPS) is 12.7. The SMILES string of the molecule is CC[C@H](C)NC(=O)[C@H](Cc1ccccc1)N(Cc1cccc(Cl)c1)C(=O)CCCN(c1ccc(OC)c(Cl)c1)S(C)(=O)=O. The average molecular weight is 649 g/mol. The number of sulfonamides is 1. The van der Waals surface area contributed by atoms with Crippen LogP contribution in [0.25, 0.3) is 0 Å². The number of amides is 2. The number of nitrogens with one attached hydrogen (secondary N) is 1. The summed E-state index contributed by atoms with van der Waals surface area (Å²) in [6, 6.07) is 20.6. The van der Waals surface area contributed by atoms with E-state index in [1.165, 1.54) is 17.5 Å². The molecular formula is C32H39Cl2N3O5S. The molecule has 0 saturated carbocycles. The lowest BCUT2D eigenvalue weighted by molar-refractivity contribution is -0.141. The van der Waals surface area contributed by atoms with Gasteiger partial charge in [-0.1, -0.05) is 72.6 Å². The van der Waals surface area contributed by atoms with E-state index in [4.69, 9.17) is 27.9 Å². The quantitative estimate of drug-likeness (QED) is 0.215. The highest BCUT2D eigenvalue weighted by atomic mass is 35.5. The lowest BCUT2D eigenvalue weighted by atomic mass is 10.0. The summed E-state index contributed by atoms with van der Waals surface area (Å²) in [4.78, 5) is 29.2. The summed E-state index contributed by atoms with van der Waals surface area (Å²) in [5.41, 5.74) is 2.06. The van der Waals surface area contributed by atoms with Crippen molar-refractivity contribution in [1.29, 1.82) is 0 Å². The van der Waals surface area contributed by atoms with Crippen molar-refractivity contribution in [2.45, 2.75) is 58.2 Å². The molecule has 0 bridgehead atoms. The minimum Gasteiger partial charge on any atom is -0.495 e. The summed E-state index contributed by atoms with van der Waals surface area (Å²) in [5.74, 6) is -0.105. The fourth-order valence-corrected chi connectivity index (χ4v) is 6.06. The molecule has 2 atom stereocenters. The Hall–Kier alpha value is -3.27. The first-order valence-corrected chi connectivity index (χ1v) is 16.7. The lowest BCUT2D eigenvalue weighted by Crippen LogP contribution is -2.52. The third-order valence-electron chi connectivity index (χ3n) is 7.09. The lowest BCUT2D eigenvalue weighted by Gasteiger charge is -2.32. The van der Waals surface area contributed by atoms with E-state index in [9.17, 15) is 18.0 Å². The Morgan fingerprint density at radius 2 is 1.67 bits per heavy atom. The number of anilines is 1.